The van der Waals surface area contributed by atoms with E-state index in [1.165, 1.54) is 12.8 Å². The van der Waals surface area contributed by atoms with Crippen molar-refractivity contribution < 1.29 is 0 Å². The third kappa shape index (κ3) is 1.43. The van der Waals surface area contributed by atoms with Crippen LogP contribution in [0.25, 0.3) is 0 Å². The Balaban J connectivity index is 2.38. The average molecular weight is 179 g/mol. The molecule has 0 bridgehead atoms. The smallest absolute Gasteiger partial charge is 0.348 e. The van der Waals surface area contributed by atoms with Crippen LogP contribution < -0.4 is 10.6 Å². The zero-order valence-corrected chi connectivity index (χ0v) is 7.90. The normalized spacial score (nSPS) is 15.8. The van der Waals surface area contributed by atoms with Crippen molar-refractivity contribution in [3.05, 3.63) is 22.7 Å². The van der Waals surface area contributed by atoms with E-state index in [0.717, 1.165) is 5.82 Å². The van der Waals surface area contributed by atoms with E-state index >= 15 is 0 Å². The summed E-state index contributed by atoms with van der Waals surface area (Å²) in [6.45, 7) is 0. The minimum atomic E-state index is -0.190. The zero-order valence-electron chi connectivity index (χ0n) is 7.90. The molecule has 0 aromatic carbocycles. The highest BCUT2D eigenvalue weighted by Gasteiger charge is 2.27. The molecule has 70 valence electrons. The molecule has 0 amide bonds. The molecule has 4 nitrogen and oxygen atoms in total. The number of aromatic nitrogens is 2. The molecular formula is C9H13N3O. The monoisotopic (exact) mass is 179 g/mol. The predicted molar refractivity (Wildman–Crippen MR) is 50.9 cm³/mol. The highest BCUT2D eigenvalue weighted by Crippen LogP contribution is 2.28. The Bertz CT molecular complexity index is 367. The van der Waals surface area contributed by atoms with Crippen molar-refractivity contribution in [3.63, 3.8) is 0 Å². The van der Waals surface area contributed by atoms with E-state index in [0.29, 0.717) is 6.04 Å². The summed E-state index contributed by atoms with van der Waals surface area (Å²) in [5.41, 5.74) is -0.190. The van der Waals surface area contributed by atoms with Gasteiger partial charge >= 0.3 is 5.69 Å². The van der Waals surface area contributed by atoms with E-state index < -0.39 is 0 Å². The first-order valence-corrected chi connectivity index (χ1v) is 4.45. The molecule has 1 aromatic rings. The summed E-state index contributed by atoms with van der Waals surface area (Å²) >= 11 is 0. The van der Waals surface area contributed by atoms with E-state index in [-0.39, 0.29) is 5.69 Å². The van der Waals surface area contributed by atoms with Crippen molar-refractivity contribution >= 4 is 5.82 Å². The molecule has 0 radical (unpaired) electrons. The minimum absolute atomic E-state index is 0.190. The Labute approximate surface area is 76.8 Å². The summed E-state index contributed by atoms with van der Waals surface area (Å²) in [6, 6.07) is 2.49. The van der Waals surface area contributed by atoms with Crippen LogP contribution in [-0.2, 0) is 7.05 Å². The fraction of sp³-hybridized carbons (Fsp3) is 0.556. The maximum Gasteiger partial charge on any atom is 0.348 e. The molecule has 0 saturated heterocycles. The molecule has 0 spiro atoms. The molecule has 13 heavy (non-hydrogen) atoms. The van der Waals surface area contributed by atoms with E-state index in [4.69, 9.17) is 0 Å². The van der Waals surface area contributed by atoms with Crippen LogP contribution in [0.15, 0.2) is 17.1 Å². The molecule has 1 saturated carbocycles. The van der Waals surface area contributed by atoms with E-state index in [1.807, 2.05) is 13.1 Å². The maximum atomic E-state index is 11.2. The Morgan fingerprint density at radius 2 is 2.31 bits per heavy atom. The first-order valence-electron chi connectivity index (χ1n) is 4.45. The molecule has 1 aliphatic rings. The number of nitrogens with zero attached hydrogens (tertiary/aromatic N) is 3. The molecule has 4 heteroatoms. The summed E-state index contributed by atoms with van der Waals surface area (Å²) in [5, 5.41) is 0. The number of rotatable bonds is 2. The Kier molecular flexibility index (Phi) is 1.83. The van der Waals surface area contributed by atoms with Gasteiger partial charge in [0.25, 0.3) is 0 Å². The lowest BCUT2D eigenvalue weighted by atomic mass is 10.5. The van der Waals surface area contributed by atoms with Gasteiger partial charge in [0.15, 0.2) is 0 Å². The van der Waals surface area contributed by atoms with Gasteiger partial charge in [0, 0.05) is 26.3 Å². The van der Waals surface area contributed by atoms with Crippen LogP contribution in [-0.4, -0.2) is 22.6 Å². The van der Waals surface area contributed by atoms with Gasteiger partial charge in [-0.25, -0.2) is 9.78 Å². The predicted octanol–water partition coefficient (Wildman–Crippen LogP) is 0.379. The topological polar surface area (TPSA) is 38.1 Å². The highest BCUT2D eigenvalue weighted by atomic mass is 16.1. The fourth-order valence-corrected chi connectivity index (χ4v) is 1.47. The van der Waals surface area contributed by atoms with Crippen LogP contribution in [0.4, 0.5) is 5.82 Å². The zero-order chi connectivity index (χ0) is 9.42. The molecule has 1 aromatic heterocycles. The van der Waals surface area contributed by atoms with Crippen LogP contribution in [0.3, 0.4) is 0 Å². The second kappa shape index (κ2) is 2.87. The summed E-state index contributed by atoms with van der Waals surface area (Å²) in [6.07, 6.45) is 4.02. The van der Waals surface area contributed by atoms with Crippen molar-refractivity contribution in [3.8, 4) is 0 Å². The van der Waals surface area contributed by atoms with E-state index in [2.05, 4.69) is 9.88 Å². The van der Waals surface area contributed by atoms with Gasteiger partial charge in [-0.05, 0) is 18.9 Å². The Morgan fingerprint density at radius 3 is 2.92 bits per heavy atom. The Morgan fingerprint density at radius 1 is 1.62 bits per heavy atom. The second-order valence-corrected chi connectivity index (χ2v) is 3.49. The lowest BCUT2D eigenvalue weighted by Crippen LogP contribution is -2.29. The molecule has 0 aliphatic heterocycles. The molecule has 1 aliphatic carbocycles. The van der Waals surface area contributed by atoms with Crippen molar-refractivity contribution in [2.45, 2.75) is 18.9 Å². The largest absolute Gasteiger partial charge is 0.358 e. The van der Waals surface area contributed by atoms with E-state index in [1.54, 1.807) is 17.8 Å². The highest BCUT2D eigenvalue weighted by molar-refractivity contribution is 5.39. The molecular weight excluding hydrogens is 166 g/mol. The lowest BCUT2D eigenvalue weighted by molar-refractivity contribution is 0.757. The van der Waals surface area contributed by atoms with Gasteiger partial charge in [0.1, 0.15) is 5.82 Å². The third-order valence-corrected chi connectivity index (χ3v) is 2.50. The standard InChI is InChI=1S/C9H13N3O/c1-11(7-3-4-7)8-5-6-10-9(13)12(8)2/h5-7H,3-4H2,1-2H3. The third-order valence-electron chi connectivity index (χ3n) is 2.50. The summed E-state index contributed by atoms with van der Waals surface area (Å²) in [5.74, 6) is 0.947. The van der Waals surface area contributed by atoms with Gasteiger partial charge in [0.2, 0.25) is 0 Å². The minimum Gasteiger partial charge on any atom is -0.358 e. The summed E-state index contributed by atoms with van der Waals surface area (Å²) < 4.78 is 1.58. The lowest BCUT2D eigenvalue weighted by Gasteiger charge is -2.20. The summed E-state index contributed by atoms with van der Waals surface area (Å²) in [4.78, 5) is 17.0. The van der Waals surface area contributed by atoms with Gasteiger partial charge in [-0.2, -0.15) is 0 Å². The van der Waals surface area contributed by atoms with Crippen molar-refractivity contribution in [2.24, 2.45) is 7.05 Å². The number of hydrogen-bond donors (Lipinski definition) is 0. The molecule has 1 heterocycles. The molecule has 2 rings (SSSR count). The maximum absolute atomic E-state index is 11.2. The van der Waals surface area contributed by atoms with Crippen LogP contribution in [0, 0.1) is 0 Å². The van der Waals surface area contributed by atoms with E-state index in [9.17, 15) is 4.79 Å². The number of hydrogen-bond acceptors (Lipinski definition) is 3. The van der Waals surface area contributed by atoms with Crippen LogP contribution >= 0.6 is 0 Å². The molecule has 0 unspecified atom stereocenters. The SMILES string of the molecule is CN(c1ccnc(=O)n1C)C1CC1. The number of anilines is 1. The fourth-order valence-electron chi connectivity index (χ4n) is 1.47. The van der Waals surface area contributed by atoms with Crippen LogP contribution in [0.5, 0.6) is 0 Å². The Hall–Kier alpha value is -1.32. The van der Waals surface area contributed by atoms with Gasteiger partial charge in [-0.15, -0.1) is 0 Å². The summed E-state index contributed by atoms with van der Waals surface area (Å²) in [7, 11) is 3.77. The van der Waals surface area contributed by atoms with Crippen molar-refractivity contribution in [2.75, 3.05) is 11.9 Å². The van der Waals surface area contributed by atoms with Gasteiger partial charge in [0.05, 0.1) is 0 Å². The molecule has 0 N–H and O–H groups in total. The quantitative estimate of drug-likeness (QED) is 0.658. The van der Waals surface area contributed by atoms with Crippen molar-refractivity contribution in [1.29, 1.82) is 0 Å². The molecule has 0 atom stereocenters. The first kappa shape index (κ1) is 8.29. The molecule has 1 fully saturated rings. The average Bonchev–Trinajstić information content (AvgIpc) is 2.91. The van der Waals surface area contributed by atoms with Crippen LogP contribution in [0.2, 0.25) is 0 Å². The van der Waals surface area contributed by atoms with Crippen molar-refractivity contribution in [1.82, 2.24) is 9.55 Å². The van der Waals surface area contributed by atoms with Crippen LogP contribution in [0.1, 0.15) is 12.8 Å². The van der Waals surface area contributed by atoms with Gasteiger partial charge in [-0.3, -0.25) is 4.57 Å². The second-order valence-electron chi connectivity index (χ2n) is 3.49. The first-order chi connectivity index (χ1) is 6.20. The van der Waals surface area contributed by atoms with Gasteiger partial charge in [-0.1, -0.05) is 0 Å². The van der Waals surface area contributed by atoms with Gasteiger partial charge < -0.3 is 4.90 Å².